The summed E-state index contributed by atoms with van der Waals surface area (Å²) in [6.07, 6.45) is 5.65. The van der Waals surface area contributed by atoms with Crippen LogP contribution in [-0.2, 0) is 31.7 Å². The minimum atomic E-state index is -4.48. The van der Waals surface area contributed by atoms with Gasteiger partial charge < -0.3 is 50.6 Å². The van der Waals surface area contributed by atoms with Crippen molar-refractivity contribution >= 4 is 72.9 Å². The zero-order chi connectivity index (χ0) is 27.7. The molecule has 0 bridgehead atoms. The molecule has 9 N–H and O–H groups in total. The Hall–Kier alpha value is -2.47. The number of nitrogen functional groups attached to an aromatic ring is 2. The second-order valence-electron chi connectivity index (χ2n) is 8.56. The van der Waals surface area contributed by atoms with Gasteiger partial charge in [0.05, 0.1) is 38.0 Å². The van der Waals surface area contributed by atoms with Crippen LogP contribution in [0.1, 0.15) is 7.43 Å². The number of fused-ring (bicyclic) bond motifs is 2. The fourth-order valence-electron chi connectivity index (χ4n) is 3.92. The van der Waals surface area contributed by atoms with Crippen molar-refractivity contribution < 1.29 is 28.4 Å². The van der Waals surface area contributed by atoms with Gasteiger partial charge in [0.2, 0.25) is 0 Å². The van der Waals surface area contributed by atoms with E-state index < -0.39 is 20.6 Å². The quantitative estimate of drug-likeness (QED) is 0.216. The Balaban J connectivity index is 0.000000215. The van der Waals surface area contributed by atoms with Gasteiger partial charge in [-0.25, -0.2) is 29.9 Å². The van der Waals surface area contributed by atoms with Gasteiger partial charge in [0.1, 0.15) is 30.4 Å². The Labute approximate surface area is 244 Å². The third-order valence-corrected chi connectivity index (χ3v) is 11.6. The van der Waals surface area contributed by atoms with Gasteiger partial charge in [0.25, 0.3) is 0 Å². The molecule has 41 heavy (non-hydrogen) atoms. The van der Waals surface area contributed by atoms with E-state index in [1.165, 1.54) is 12.7 Å². The van der Waals surface area contributed by atoms with Crippen molar-refractivity contribution in [1.82, 2.24) is 45.2 Å². The van der Waals surface area contributed by atoms with Crippen LogP contribution >= 0.6 is 38.9 Å². The van der Waals surface area contributed by atoms with E-state index in [2.05, 4.69) is 29.9 Å². The number of ether oxygens (including phenoxy) is 2. The molecule has 6 heterocycles. The van der Waals surface area contributed by atoms with E-state index in [4.69, 9.17) is 25.8 Å². The van der Waals surface area contributed by atoms with Crippen LogP contribution in [0.15, 0.2) is 25.3 Å². The fourth-order valence-corrected chi connectivity index (χ4v) is 8.30. The molecule has 4 aromatic heterocycles. The molecule has 6 rings (SSSR count). The molecule has 2 fully saturated rings. The molecule has 21 heteroatoms. The minimum Gasteiger partial charge on any atom is -0.776 e. The number of hydrogen-bond acceptors (Lipinski definition) is 15. The first kappa shape index (κ1) is 33.0. The van der Waals surface area contributed by atoms with Crippen molar-refractivity contribution in [3.63, 3.8) is 0 Å². The molecule has 2 aliphatic heterocycles. The Morgan fingerprint density at radius 3 is 1.90 bits per heavy atom. The summed E-state index contributed by atoms with van der Waals surface area (Å²) in [6, 6.07) is 0. The van der Waals surface area contributed by atoms with Gasteiger partial charge in [-0.05, 0) is 0 Å². The summed E-state index contributed by atoms with van der Waals surface area (Å²) in [6.45, 7) is 2.69. The van der Waals surface area contributed by atoms with Gasteiger partial charge in [-0.15, -0.1) is 11.8 Å². The molecule has 6 atom stereocenters. The van der Waals surface area contributed by atoms with E-state index in [9.17, 15) is 14.0 Å². The number of quaternary nitrogens is 1. The summed E-state index contributed by atoms with van der Waals surface area (Å²) in [7, 11) is -5.79. The second kappa shape index (κ2) is 13.7. The van der Waals surface area contributed by atoms with E-state index in [-0.39, 0.29) is 36.8 Å². The SMILES string of the molecule is C.C[P+](=O)C1OC(Cn2cnc3c(N)ncnc32)CS1.Nc1ncnc2c1ncn2CC1CSC(P(=O)([O-])O)O1.[NH4+]. The first-order valence-corrected chi connectivity index (χ1v) is 16.9. The lowest BCUT2D eigenvalue weighted by atomic mass is 10.4. The molecular weight excluding hydrogens is 616 g/mol. The molecule has 0 spiro atoms. The zero-order valence-corrected chi connectivity index (χ0v) is 24.8. The number of thioether (sulfide) groups is 2. The van der Waals surface area contributed by atoms with Crippen LogP contribution < -0.4 is 22.5 Å². The van der Waals surface area contributed by atoms with Crippen LogP contribution in [0, 0.1) is 0 Å². The van der Waals surface area contributed by atoms with Crippen LogP contribution in [0.25, 0.3) is 22.3 Å². The van der Waals surface area contributed by atoms with Crippen molar-refractivity contribution in [2.24, 2.45) is 0 Å². The number of anilines is 2. The van der Waals surface area contributed by atoms with Crippen LogP contribution in [0.4, 0.5) is 11.6 Å². The molecule has 4 aromatic rings. The van der Waals surface area contributed by atoms with E-state index in [1.54, 1.807) is 35.6 Å². The summed E-state index contributed by atoms with van der Waals surface area (Å²) in [5.74, 6) is 1.94. The third-order valence-electron chi connectivity index (χ3n) is 5.69. The normalized spacial score (nSPS) is 23.7. The number of nitrogens with zero attached hydrogens (tertiary/aromatic N) is 8. The highest BCUT2D eigenvalue weighted by Gasteiger charge is 2.37. The highest BCUT2D eigenvalue weighted by atomic mass is 32.2. The topological polar surface area (TPSA) is 272 Å². The van der Waals surface area contributed by atoms with Gasteiger partial charge in [-0.2, -0.15) is 0 Å². The molecule has 2 aliphatic rings. The van der Waals surface area contributed by atoms with Crippen molar-refractivity contribution in [3.05, 3.63) is 25.3 Å². The lowest BCUT2D eigenvalue weighted by Crippen LogP contribution is -2.21. The lowest BCUT2D eigenvalue weighted by Gasteiger charge is -2.22. The van der Waals surface area contributed by atoms with E-state index in [0.29, 0.717) is 47.0 Å². The Kier molecular flexibility index (Phi) is 11.0. The van der Waals surface area contributed by atoms with Gasteiger partial charge in [-0.3, -0.25) is 0 Å². The van der Waals surface area contributed by atoms with E-state index >= 15 is 0 Å². The van der Waals surface area contributed by atoms with Crippen LogP contribution in [0.2, 0.25) is 0 Å². The fraction of sp³-hybridized carbons (Fsp3) is 0.500. The van der Waals surface area contributed by atoms with Gasteiger partial charge in [0.15, 0.2) is 35.7 Å². The smallest absolute Gasteiger partial charge is 0.378 e. The van der Waals surface area contributed by atoms with Crippen LogP contribution in [-0.4, -0.2) is 84.7 Å². The van der Waals surface area contributed by atoms with Crippen molar-refractivity contribution in [1.29, 1.82) is 0 Å². The molecule has 0 aromatic carbocycles. The van der Waals surface area contributed by atoms with Crippen molar-refractivity contribution in [2.45, 2.75) is 43.1 Å². The predicted molar refractivity (Wildman–Crippen MR) is 158 cm³/mol. The van der Waals surface area contributed by atoms with E-state index in [0.717, 1.165) is 17.5 Å². The maximum Gasteiger partial charge on any atom is 0.378 e. The first-order chi connectivity index (χ1) is 18.6. The summed E-state index contributed by atoms with van der Waals surface area (Å²) < 4.78 is 37.0. The second-order valence-corrected chi connectivity index (χ2v) is 14.6. The minimum absolute atomic E-state index is 0. The van der Waals surface area contributed by atoms with Crippen molar-refractivity contribution in [2.75, 3.05) is 29.6 Å². The molecule has 0 radical (unpaired) electrons. The molecule has 224 valence electrons. The van der Waals surface area contributed by atoms with Crippen LogP contribution in [0.3, 0.4) is 0 Å². The monoisotopic (exact) mass is 648 g/mol. The summed E-state index contributed by atoms with van der Waals surface area (Å²) in [4.78, 5) is 44.3. The maximum absolute atomic E-state index is 11.4. The number of hydrogen-bond donors (Lipinski definition) is 4. The molecule has 0 amide bonds. The Bertz CT molecular complexity index is 1550. The molecule has 2 saturated heterocycles. The first-order valence-electron chi connectivity index (χ1n) is 11.4. The number of nitrogens with two attached hydrogens (primary N) is 2. The summed E-state index contributed by atoms with van der Waals surface area (Å²) in [5, 5.41) is -1.41. The number of aromatic nitrogens is 8. The lowest BCUT2D eigenvalue weighted by molar-refractivity contribution is -0.201. The summed E-state index contributed by atoms with van der Waals surface area (Å²) in [5.41, 5.74) is 13.8. The Morgan fingerprint density at radius 1 is 0.976 bits per heavy atom. The maximum atomic E-state index is 11.4. The van der Waals surface area contributed by atoms with Crippen LogP contribution in [0.5, 0.6) is 0 Å². The number of rotatable bonds is 6. The van der Waals surface area contributed by atoms with Gasteiger partial charge in [0, 0.05) is 11.5 Å². The molecule has 0 saturated carbocycles. The highest BCUT2D eigenvalue weighted by Crippen LogP contribution is 2.48. The highest BCUT2D eigenvalue weighted by molar-refractivity contribution is 8.05. The zero-order valence-electron chi connectivity index (χ0n) is 21.4. The largest absolute Gasteiger partial charge is 0.776 e. The molecule has 17 nitrogen and oxygen atoms in total. The van der Waals surface area contributed by atoms with Gasteiger partial charge >= 0.3 is 13.0 Å². The number of imidazole rings is 2. The molecule has 6 unspecified atom stereocenters. The van der Waals surface area contributed by atoms with Gasteiger partial charge in [-0.1, -0.05) is 23.8 Å². The average Bonchev–Trinajstić information content (AvgIpc) is 3.68. The average molecular weight is 649 g/mol. The summed E-state index contributed by atoms with van der Waals surface area (Å²) >= 11 is 2.64. The van der Waals surface area contributed by atoms with E-state index in [1.807, 2.05) is 4.57 Å². The standard InChI is InChI=1S/C10H13N5O2PS.C9H12N5O4PS.CH4.H3N/c1-18(16)10-17-6(3-19-10)2-15-5-14-7-8(11)12-4-13-9(7)15;10-7-6-8(12-3-11-7)14(4-13-6)1-5-2-20-9(18-5)19(15,16)17;;/h4-6,10H,2-3H2,1H3,(H2,11,12,13);3-5,9H,1-2H2,(H2,10,11,12)(H2,15,16,17);1H4;1H3/q+1;;;. The Morgan fingerprint density at radius 2 is 1.46 bits per heavy atom. The van der Waals surface area contributed by atoms with Crippen molar-refractivity contribution in [3.8, 4) is 0 Å². The molecular formula is C20H32N11O6P2S2+. The predicted octanol–water partition coefficient (Wildman–Crippen LogP) is 1.66. The molecule has 0 aliphatic carbocycles. The third kappa shape index (κ3) is 7.49.